The van der Waals surface area contributed by atoms with Gasteiger partial charge in [-0.1, -0.05) is 24.8 Å². The predicted octanol–water partition coefficient (Wildman–Crippen LogP) is 3.23. The molecule has 0 aromatic heterocycles. The Labute approximate surface area is 72.9 Å². The highest BCUT2D eigenvalue weighted by Crippen LogP contribution is 2.21. The van der Waals surface area contributed by atoms with Crippen LogP contribution in [0, 0.1) is 5.82 Å². The third-order valence-electron chi connectivity index (χ3n) is 1.17. The maximum atomic E-state index is 12.8. The smallest absolute Gasteiger partial charge is 0.131 e. The second-order valence-corrected chi connectivity index (χ2v) is 3.19. The molecular formula is C8H6FI. The lowest BCUT2D eigenvalue weighted by molar-refractivity contribution is 0.625. The Bertz CT molecular complexity index is 255. The number of rotatable bonds is 1. The Hall–Kier alpha value is -0.380. The van der Waals surface area contributed by atoms with Gasteiger partial charge in [-0.25, -0.2) is 4.39 Å². The first-order valence-corrected chi connectivity index (χ1v) is 3.89. The molecule has 2 heteroatoms. The van der Waals surface area contributed by atoms with Gasteiger partial charge >= 0.3 is 0 Å². The van der Waals surface area contributed by atoms with E-state index in [1.54, 1.807) is 18.2 Å². The molecule has 0 spiro atoms. The summed E-state index contributed by atoms with van der Waals surface area (Å²) in [6.45, 7) is 3.63. The maximum absolute atomic E-state index is 12.8. The van der Waals surface area contributed by atoms with Gasteiger partial charge in [0, 0.05) is 9.14 Å². The van der Waals surface area contributed by atoms with Crippen molar-refractivity contribution in [3.05, 3.63) is 42.2 Å². The third-order valence-corrected chi connectivity index (χ3v) is 1.75. The minimum atomic E-state index is -0.207. The van der Waals surface area contributed by atoms with Crippen LogP contribution in [-0.2, 0) is 0 Å². The summed E-state index contributed by atoms with van der Waals surface area (Å²) in [6.07, 6.45) is 0. The van der Waals surface area contributed by atoms with Crippen molar-refractivity contribution in [2.24, 2.45) is 0 Å². The zero-order chi connectivity index (χ0) is 7.56. The Kier molecular flexibility index (Phi) is 2.43. The Morgan fingerprint density at radius 1 is 1.40 bits per heavy atom. The second kappa shape index (κ2) is 3.14. The number of halogens is 2. The van der Waals surface area contributed by atoms with Crippen LogP contribution in [0.4, 0.5) is 4.39 Å². The van der Waals surface area contributed by atoms with Gasteiger partial charge in [0.15, 0.2) is 0 Å². The van der Waals surface area contributed by atoms with Gasteiger partial charge in [-0.3, -0.25) is 0 Å². The van der Waals surface area contributed by atoms with Gasteiger partial charge in [-0.05, 0) is 28.7 Å². The van der Waals surface area contributed by atoms with Crippen molar-refractivity contribution in [2.45, 2.75) is 0 Å². The van der Waals surface area contributed by atoms with Crippen molar-refractivity contribution in [3.63, 3.8) is 0 Å². The number of hydrogen-bond acceptors (Lipinski definition) is 0. The van der Waals surface area contributed by atoms with Crippen LogP contribution < -0.4 is 0 Å². The van der Waals surface area contributed by atoms with E-state index in [9.17, 15) is 4.39 Å². The summed E-state index contributed by atoms with van der Waals surface area (Å²) >= 11 is 2.00. The van der Waals surface area contributed by atoms with Crippen LogP contribution in [0.5, 0.6) is 0 Å². The van der Waals surface area contributed by atoms with E-state index in [2.05, 4.69) is 6.58 Å². The fraction of sp³-hybridized carbons (Fsp3) is 0. The van der Waals surface area contributed by atoms with Crippen molar-refractivity contribution in [2.75, 3.05) is 0 Å². The summed E-state index contributed by atoms with van der Waals surface area (Å²) in [4.78, 5) is 0. The van der Waals surface area contributed by atoms with Crippen LogP contribution in [0.2, 0.25) is 0 Å². The van der Waals surface area contributed by atoms with E-state index < -0.39 is 0 Å². The molecule has 1 rings (SSSR count). The zero-order valence-corrected chi connectivity index (χ0v) is 7.43. The van der Waals surface area contributed by atoms with Gasteiger partial charge in [0.1, 0.15) is 5.82 Å². The normalized spacial score (nSPS) is 9.40. The first kappa shape index (κ1) is 7.72. The van der Waals surface area contributed by atoms with Crippen molar-refractivity contribution in [3.8, 4) is 0 Å². The van der Waals surface area contributed by atoms with Crippen molar-refractivity contribution < 1.29 is 4.39 Å². The quantitative estimate of drug-likeness (QED) is 0.669. The van der Waals surface area contributed by atoms with E-state index in [0.717, 1.165) is 3.58 Å². The maximum Gasteiger partial charge on any atom is 0.131 e. The van der Waals surface area contributed by atoms with Crippen molar-refractivity contribution in [1.29, 1.82) is 0 Å². The van der Waals surface area contributed by atoms with Gasteiger partial charge in [0.2, 0.25) is 0 Å². The standard InChI is InChI=1S/C8H6FI/c1-6(10)7-4-2-3-5-8(7)9/h2-5H,1H2. The zero-order valence-electron chi connectivity index (χ0n) is 5.27. The highest BCUT2D eigenvalue weighted by Gasteiger charge is 1.99. The average Bonchev–Trinajstić information content (AvgIpc) is 1.88. The van der Waals surface area contributed by atoms with Gasteiger partial charge in [-0.2, -0.15) is 0 Å². The molecule has 52 valence electrons. The molecule has 0 atom stereocenters. The van der Waals surface area contributed by atoms with E-state index in [1.165, 1.54) is 6.07 Å². The third kappa shape index (κ3) is 1.56. The predicted molar refractivity (Wildman–Crippen MR) is 49.5 cm³/mol. The SMILES string of the molecule is C=C(I)c1ccccc1F. The fourth-order valence-corrected chi connectivity index (χ4v) is 1.12. The molecular weight excluding hydrogens is 242 g/mol. The summed E-state index contributed by atoms with van der Waals surface area (Å²) in [5, 5.41) is 0. The summed E-state index contributed by atoms with van der Waals surface area (Å²) in [6, 6.07) is 6.60. The highest BCUT2D eigenvalue weighted by atomic mass is 127. The molecule has 0 aliphatic rings. The summed E-state index contributed by atoms with van der Waals surface area (Å²) in [5.41, 5.74) is 0.586. The number of hydrogen-bond donors (Lipinski definition) is 0. The molecule has 0 nitrogen and oxygen atoms in total. The summed E-state index contributed by atoms with van der Waals surface area (Å²) in [5.74, 6) is -0.207. The Balaban J connectivity index is 3.15. The van der Waals surface area contributed by atoms with Crippen molar-refractivity contribution in [1.82, 2.24) is 0 Å². The fourth-order valence-electron chi connectivity index (χ4n) is 0.681. The second-order valence-electron chi connectivity index (χ2n) is 1.88. The molecule has 1 aromatic rings. The molecule has 0 heterocycles. The molecule has 0 aliphatic carbocycles. The molecule has 0 radical (unpaired) electrons. The van der Waals surface area contributed by atoms with Gasteiger partial charge in [0.05, 0.1) is 0 Å². The van der Waals surface area contributed by atoms with Crippen molar-refractivity contribution >= 4 is 26.2 Å². The molecule has 0 saturated carbocycles. The lowest BCUT2D eigenvalue weighted by atomic mass is 10.2. The van der Waals surface area contributed by atoms with Crippen LogP contribution >= 0.6 is 22.6 Å². The topological polar surface area (TPSA) is 0 Å². The van der Waals surface area contributed by atoms with Crippen LogP contribution in [-0.4, -0.2) is 0 Å². The first-order valence-electron chi connectivity index (χ1n) is 2.81. The van der Waals surface area contributed by atoms with Crippen LogP contribution in [0.15, 0.2) is 30.8 Å². The Morgan fingerprint density at radius 3 is 2.40 bits per heavy atom. The average molecular weight is 248 g/mol. The summed E-state index contributed by atoms with van der Waals surface area (Å²) in [7, 11) is 0. The molecule has 1 aromatic carbocycles. The van der Waals surface area contributed by atoms with Gasteiger partial charge < -0.3 is 0 Å². The van der Waals surface area contributed by atoms with Gasteiger partial charge in [0.25, 0.3) is 0 Å². The molecule has 10 heavy (non-hydrogen) atoms. The van der Waals surface area contributed by atoms with E-state index in [4.69, 9.17) is 0 Å². The Morgan fingerprint density at radius 2 is 2.00 bits per heavy atom. The van der Waals surface area contributed by atoms with E-state index >= 15 is 0 Å². The minimum absolute atomic E-state index is 0.207. The van der Waals surface area contributed by atoms with Gasteiger partial charge in [-0.15, -0.1) is 0 Å². The number of benzene rings is 1. The van der Waals surface area contributed by atoms with Crippen LogP contribution in [0.1, 0.15) is 5.56 Å². The molecule has 0 fully saturated rings. The molecule has 0 unspecified atom stereocenters. The van der Waals surface area contributed by atoms with Crippen LogP contribution in [0.25, 0.3) is 3.58 Å². The van der Waals surface area contributed by atoms with E-state index in [0.29, 0.717) is 5.56 Å². The molecule has 0 aliphatic heterocycles. The first-order chi connectivity index (χ1) is 4.72. The van der Waals surface area contributed by atoms with E-state index in [-0.39, 0.29) is 5.82 Å². The largest absolute Gasteiger partial charge is 0.206 e. The molecule has 0 N–H and O–H groups in total. The summed E-state index contributed by atoms with van der Waals surface area (Å²) < 4.78 is 13.5. The molecule has 0 amide bonds. The molecule has 0 bridgehead atoms. The lowest BCUT2D eigenvalue weighted by Gasteiger charge is -1.97. The lowest BCUT2D eigenvalue weighted by Crippen LogP contribution is -1.80. The van der Waals surface area contributed by atoms with E-state index in [1.807, 2.05) is 22.6 Å². The monoisotopic (exact) mass is 248 g/mol. The highest BCUT2D eigenvalue weighted by molar-refractivity contribution is 14.1. The van der Waals surface area contributed by atoms with Crippen LogP contribution in [0.3, 0.4) is 0 Å². The molecule has 0 saturated heterocycles. The minimum Gasteiger partial charge on any atom is -0.206 e.